The average molecular weight is 372 g/mol. The van der Waals surface area contributed by atoms with E-state index in [0.717, 1.165) is 44.9 Å². The maximum absolute atomic E-state index is 12.6. The molecule has 0 aromatic heterocycles. The summed E-state index contributed by atoms with van der Waals surface area (Å²) in [6.07, 6.45) is 4.13. The predicted octanol–water partition coefficient (Wildman–Crippen LogP) is 5.55. The Morgan fingerprint density at radius 3 is 2.50 bits per heavy atom. The molecule has 0 aromatic rings. The van der Waals surface area contributed by atoms with Crippen LogP contribution in [0, 0.1) is 34.5 Å². The largest absolute Gasteiger partial charge is 0.411 e. The summed E-state index contributed by atoms with van der Waals surface area (Å²) < 4.78 is 43.0. The van der Waals surface area contributed by atoms with Crippen LogP contribution in [0.25, 0.3) is 0 Å². The van der Waals surface area contributed by atoms with Crippen LogP contribution in [0.4, 0.5) is 13.2 Å². The number of carbonyl (C=O) groups is 1. The molecule has 5 heteroatoms. The zero-order valence-electron chi connectivity index (χ0n) is 15.9. The molecule has 2 nitrogen and oxygen atoms in total. The number of rotatable bonds is 2. The van der Waals surface area contributed by atoms with Gasteiger partial charge in [-0.05, 0) is 80.5 Å². The van der Waals surface area contributed by atoms with E-state index in [0.29, 0.717) is 29.5 Å². The maximum atomic E-state index is 12.6. The van der Waals surface area contributed by atoms with Crippen LogP contribution in [0.1, 0.15) is 71.6 Å². The molecule has 0 spiro atoms. The van der Waals surface area contributed by atoms with E-state index in [2.05, 4.69) is 13.8 Å². The quantitative estimate of drug-likeness (QED) is 0.636. The zero-order chi connectivity index (χ0) is 18.7. The molecule has 0 amide bonds. The molecule has 0 bridgehead atoms. The van der Waals surface area contributed by atoms with E-state index in [1.165, 1.54) is 12.8 Å². The first kappa shape index (κ1) is 18.8. The lowest BCUT2D eigenvalue weighted by Gasteiger charge is -2.60. The van der Waals surface area contributed by atoms with Gasteiger partial charge in [0.25, 0.3) is 0 Å². The Morgan fingerprint density at radius 2 is 1.77 bits per heavy atom. The molecule has 4 fully saturated rings. The molecule has 4 aliphatic carbocycles. The third-order valence-electron chi connectivity index (χ3n) is 8.76. The first-order valence-corrected chi connectivity index (χ1v) is 10.4. The van der Waals surface area contributed by atoms with Crippen molar-refractivity contribution in [2.75, 3.05) is 6.61 Å². The molecular formula is C21H31F3O2. The SMILES string of the molecule is CC12CCC3C(CCC4CCC(OCC(F)(F)F)CC43C)C1CCC2=O. The normalized spacial score (nSPS) is 48.7. The minimum atomic E-state index is -4.25. The fraction of sp³-hybridized carbons (Fsp3) is 0.952. The average Bonchev–Trinajstić information content (AvgIpc) is 2.87. The second kappa shape index (κ2) is 6.22. The van der Waals surface area contributed by atoms with Crippen molar-refractivity contribution in [3.63, 3.8) is 0 Å². The Morgan fingerprint density at radius 1 is 1.04 bits per heavy atom. The summed E-state index contributed by atoms with van der Waals surface area (Å²) >= 11 is 0. The van der Waals surface area contributed by atoms with Gasteiger partial charge in [0.15, 0.2) is 0 Å². The molecule has 0 aliphatic heterocycles. The number of halogens is 3. The lowest BCUT2D eigenvalue weighted by Crippen LogP contribution is -2.54. The van der Waals surface area contributed by atoms with E-state index in [1.54, 1.807) is 0 Å². The predicted molar refractivity (Wildman–Crippen MR) is 92.5 cm³/mol. The minimum Gasteiger partial charge on any atom is -0.369 e. The number of ketones is 1. The van der Waals surface area contributed by atoms with Gasteiger partial charge >= 0.3 is 6.18 Å². The van der Waals surface area contributed by atoms with E-state index >= 15 is 0 Å². The second-order valence-electron chi connectivity index (χ2n) is 9.90. The molecule has 0 heterocycles. The number of fused-ring (bicyclic) bond motifs is 5. The first-order chi connectivity index (χ1) is 12.1. The minimum absolute atomic E-state index is 0.0738. The number of alkyl halides is 3. The van der Waals surface area contributed by atoms with Crippen LogP contribution in [-0.2, 0) is 9.53 Å². The van der Waals surface area contributed by atoms with Crippen molar-refractivity contribution in [1.82, 2.24) is 0 Å². The molecule has 4 rings (SSSR count). The highest BCUT2D eigenvalue weighted by Gasteiger charge is 2.60. The highest BCUT2D eigenvalue weighted by molar-refractivity contribution is 5.87. The van der Waals surface area contributed by atoms with Crippen molar-refractivity contribution in [2.45, 2.75) is 83.9 Å². The number of ether oxygens (including phenoxy) is 1. The van der Waals surface area contributed by atoms with Crippen LogP contribution in [-0.4, -0.2) is 24.7 Å². The lowest BCUT2D eigenvalue weighted by atomic mass is 9.45. The fourth-order valence-electron chi connectivity index (χ4n) is 7.43. The van der Waals surface area contributed by atoms with Crippen LogP contribution in [0.15, 0.2) is 0 Å². The Kier molecular flexibility index (Phi) is 4.49. The number of Topliss-reactive ketones (excluding diaryl/α,β-unsaturated/α-hetero) is 1. The van der Waals surface area contributed by atoms with Gasteiger partial charge in [-0.15, -0.1) is 0 Å². The van der Waals surface area contributed by atoms with E-state index in [4.69, 9.17) is 4.74 Å². The van der Waals surface area contributed by atoms with Crippen LogP contribution in [0.2, 0.25) is 0 Å². The number of carbonyl (C=O) groups excluding carboxylic acids is 1. The van der Waals surface area contributed by atoms with Gasteiger partial charge in [0.05, 0.1) is 6.10 Å². The molecule has 26 heavy (non-hydrogen) atoms. The lowest BCUT2D eigenvalue weighted by molar-refractivity contribution is -0.202. The number of hydrogen-bond acceptors (Lipinski definition) is 2. The van der Waals surface area contributed by atoms with Crippen molar-refractivity contribution >= 4 is 5.78 Å². The summed E-state index contributed by atoms with van der Waals surface area (Å²) in [6, 6.07) is 0. The van der Waals surface area contributed by atoms with Gasteiger partial charge in [-0.1, -0.05) is 13.8 Å². The molecule has 7 unspecified atom stereocenters. The Bertz CT molecular complexity index is 574. The molecule has 0 saturated heterocycles. The van der Waals surface area contributed by atoms with E-state index in [9.17, 15) is 18.0 Å². The monoisotopic (exact) mass is 372 g/mol. The zero-order valence-corrected chi connectivity index (χ0v) is 15.9. The summed E-state index contributed by atoms with van der Waals surface area (Å²) in [5, 5.41) is 0. The summed E-state index contributed by atoms with van der Waals surface area (Å²) in [5.41, 5.74) is -0.0599. The van der Waals surface area contributed by atoms with Crippen molar-refractivity contribution < 1.29 is 22.7 Å². The smallest absolute Gasteiger partial charge is 0.369 e. The molecule has 0 radical (unpaired) electrons. The second-order valence-corrected chi connectivity index (χ2v) is 9.90. The molecule has 7 atom stereocenters. The van der Waals surface area contributed by atoms with Gasteiger partial charge in [-0.2, -0.15) is 13.2 Å². The molecule has 4 aliphatic rings. The van der Waals surface area contributed by atoms with Crippen molar-refractivity contribution in [3.8, 4) is 0 Å². The van der Waals surface area contributed by atoms with Crippen LogP contribution in [0.5, 0.6) is 0 Å². The fourth-order valence-corrected chi connectivity index (χ4v) is 7.43. The summed E-state index contributed by atoms with van der Waals surface area (Å²) in [4.78, 5) is 12.5. The highest BCUT2D eigenvalue weighted by Crippen LogP contribution is 2.65. The third kappa shape index (κ3) is 2.93. The van der Waals surface area contributed by atoms with E-state index in [1.807, 2.05) is 0 Å². The summed E-state index contributed by atoms with van der Waals surface area (Å²) in [6.45, 7) is 3.37. The van der Waals surface area contributed by atoms with E-state index in [-0.39, 0.29) is 16.9 Å². The Hall–Kier alpha value is -0.580. The third-order valence-corrected chi connectivity index (χ3v) is 8.76. The maximum Gasteiger partial charge on any atom is 0.411 e. The summed E-state index contributed by atoms with van der Waals surface area (Å²) in [5.74, 6) is 2.66. The van der Waals surface area contributed by atoms with Crippen molar-refractivity contribution in [1.29, 1.82) is 0 Å². The van der Waals surface area contributed by atoms with Gasteiger partial charge in [-0.3, -0.25) is 4.79 Å². The molecule has 4 saturated carbocycles. The van der Waals surface area contributed by atoms with Gasteiger partial charge in [0, 0.05) is 11.8 Å². The van der Waals surface area contributed by atoms with Gasteiger partial charge in [-0.25, -0.2) is 0 Å². The van der Waals surface area contributed by atoms with Crippen molar-refractivity contribution in [2.24, 2.45) is 34.5 Å². The van der Waals surface area contributed by atoms with Gasteiger partial charge in [0.2, 0.25) is 0 Å². The molecular weight excluding hydrogens is 341 g/mol. The standard InChI is InChI=1S/C21H31F3O2/c1-19-10-9-17-15(16(19)7-8-18(19)25)6-4-13-3-5-14(11-20(13,17)2)26-12-21(22,23)24/h13-17H,3-12H2,1-2H3. The highest BCUT2D eigenvalue weighted by atomic mass is 19.4. The molecule has 148 valence electrons. The molecule has 0 N–H and O–H groups in total. The Balaban J connectivity index is 1.52. The number of hydrogen-bond donors (Lipinski definition) is 0. The molecule has 0 aromatic carbocycles. The van der Waals surface area contributed by atoms with Crippen LogP contribution < -0.4 is 0 Å². The Labute approximate surface area is 154 Å². The van der Waals surface area contributed by atoms with Gasteiger partial charge in [0.1, 0.15) is 12.4 Å². The first-order valence-electron chi connectivity index (χ1n) is 10.4. The van der Waals surface area contributed by atoms with E-state index < -0.39 is 12.8 Å². The summed E-state index contributed by atoms with van der Waals surface area (Å²) in [7, 11) is 0. The van der Waals surface area contributed by atoms with Crippen LogP contribution in [0.3, 0.4) is 0 Å². The van der Waals surface area contributed by atoms with Crippen molar-refractivity contribution in [3.05, 3.63) is 0 Å². The van der Waals surface area contributed by atoms with Crippen LogP contribution >= 0.6 is 0 Å². The van der Waals surface area contributed by atoms with Gasteiger partial charge < -0.3 is 4.74 Å². The topological polar surface area (TPSA) is 26.3 Å².